The lowest BCUT2D eigenvalue weighted by Gasteiger charge is -2.39. The van der Waals surface area contributed by atoms with E-state index in [1.807, 2.05) is 4.90 Å². The maximum absolute atomic E-state index is 12.5. The van der Waals surface area contributed by atoms with E-state index >= 15 is 0 Å². The van der Waals surface area contributed by atoms with Crippen LogP contribution in [0.2, 0.25) is 0 Å². The van der Waals surface area contributed by atoms with Gasteiger partial charge in [-0.15, -0.1) is 0 Å². The minimum absolute atomic E-state index is 0.00177. The molecule has 0 bridgehead atoms. The summed E-state index contributed by atoms with van der Waals surface area (Å²) in [5, 5.41) is 2.81. The van der Waals surface area contributed by atoms with Gasteiger partial charge >= 0.3 is 5.97 Å². The monoisotopic (exact) mass is 407 g/mol. The zero-order valence-electron chi connectivity index (χ0n) is 17.7. The lowest BCUT2D eigenvalue weighted by atomic mass is 9.77. The van der Waals surface area contributed by atoms with Gasteiger partial charge in [-0.05, 0) is 31.1 Å². The minimum Gasteiger partial charge on any atom is -0.455 e. The molecule has 4 atom stereocenters. The second kappa shape index (κ2) is 9.13. The molecule has 0 aromatic carbocycles. The van der Waals surface area contributed by atoms with Crippen molar-refractivity contribution in [3.05, 3.63) is 0 Å². The minimum atomic E-state index is -0.525. The molecular weight excluding hydrogens is 374 g/mol. The zero-order chi connectivity index (χ0) is 21.1. The maximum Gasteiger partial charge on any atom is 0.311 e. The fourth-order valence-electron chi connectivity index (χ4n) is 4.37. The van der Waals surface area contributed by atoms with E-state index in [9.17, 15) is 19.2 Å². The molecule has 1 heterocycles. The Bertz CT molecular complexity index is 663. The third kappa shape index (κ3) is 5.48. The molecule has 1 saturated heterocycles. The van der Waals surface area contributed by atoms with Gasteiger partial charge in [0.2, 0.25) is 11.8 Å². The number of carbonyl (C=O) groups is 4. The summed E-state index contributed by atoms with van der Waals surface area (Å²) < 4.78 is 5.18. The first-order valence-electron chi connectivity index (χ1n) is 10.8. The van der Waals surface area contributed by atoms with E-state index in [1.165, 1.54) is 18.4 Å². The number of nitrogens with zero attached hydrogens (tertiary/aromatic N) is 2. The van der Waals surface area contributed by atoms with Crippen LogP contribution in [-0.4, -0.2) is 72.3 Å². The van der Waals surface area contributed by atoms with Crippen LogP contribution >= 0.6 is 0 Å². The highest BCUT2D eigenvalue weighted by Gasteiger charge is 2.42. The predicted molar refractivity (Wildman–Crippen MR) is 106 cm³/mol. The Morgan fingerprint density at radius 2 is 1.90 bits per heavy atom. The van der Waals surface area contributed by atoms with Gasteiger partial charge in [-0.3, -0.25) is 19.2 Å². The second-order valence-electron chi connectivity index (χ2n) is 8.98. The van der Waals surface area contributed by atoms with Gasteiger partial charge in [0.25, 0.3) is 5.91 Å². The summed E-state index contributed by atoms with van der Waals surface area (Å²) in [6, 6.07) is 0.420. The van der Waals surface area contributed by atoms with Crippen molar-refractivity contribution in [3.63, 3.8) is 0 Å². The molecule has 0 aromatic rings. The molecule has 8 heteroatoms. The summed E-state index contributed by atoms with van der Waals surface area (Å²) in [5.74, 6) is -0.692. The summed E-state index contributed by atoms with van der Waals surface area (Å²) in [6.07, 6.45) is 5.37. The van der Waals surface area contributed by atoms with Crippen LogP contribution in [0.3, 0.4) is 0 Å². The Morgan fingerprint density at radius 3 is 2.59 bits per heavy atom. The smallest absolute Gasteiger partial charge is 0.311 e. The highest BCUT2D eigenvalue weighted by atomic mass is 16.5. The Balaban J connectivity index is 1.44. The third-order valence-electron chi connectivity index (χ3n) is 6.64. The van der Waals surface area contributed by atoms with Gasteiger partial charge in [0.1, 0.15) is 0 Å². The van der Waals surface area contributed by atoms with Crippen molar-refractivity contribution in [2.45, 2.75) is 64.5 Å². The summed E-state index contributed by atoms with van der Waals surface area (Å²) in [4.78, 5) is 51.9. The number of ether oxygens (including phenoxy) is 1. The number of hydrogen-bond donors (Lipinski definition) is 1. The third-order valence-corrected chi connectivity index (χ3v) is 6.64. The van der Waals surface area contributed by atoms with E-state index < -0.39 is 24.4 Å². The molecule has 0 aromatic heterocycles. The summed E-state index contributed by atoms with van der Waals surface area (Å²) in [6.45, 7) is 4.30. The van der Waals surface area contributed by atoms with Crippen molar-refractivity contribution in [1.82, 2.24) is 15.1 Å². The molecule has 1 aliphatic heterocycles. The molecule has 8 nitrogen and oxygen atoms in total. The Labute approximate surface area is 172 Å². The van der Waals surface area contributed by atoms with Crippen molar-refractivity contribution in [2.75, 3.05) is 26.7 Å². The van der Waals surface area contributed by atoms with E-state index in [0.717, 1.165) is 25.7 Å². The first kappa shape index (κ1) is 21.6. The molecular formula is C21H33N3O5. The van der Waals surface area contributed by atoms with Crippen molar-refractivity contribution >= 4 is 23.7 Å². The average molecular weight is 408 g/mol. The van der Waals surface area contributed by atoms with Gasteiger partial charge in [0.05, 0.1) is 12.5 Å². The van der Waals surface area contributed by atoms with Crippen LogP contribution in [0.15, 0.2) is 0 Å². The zero-order valence-corrected chi connectivity index (χ0v) is 17.7. The first-order valence-corrected chi connectivity index (χ1v) is 10.8. The standard InChI is InChI=1S/C21H33N3O5/c1-13-5-4-6-17(14(13)2)24-10-15(9-19(24)26)21(28)29-12-20(27)23(3)11-18(25)22-16-7-8-16/h13-17H,4-12H2,1-3H3,(H,22,25)/t13-,14-,15-,17+/m1/s1. The van der Waals surface area contributed by atoms with Crippen LogP contribution in [0.5, 0.6) is 0 Å². The van der Waals surface area contributed by atoms with Crippen LogP contribution in [0.4, 0.5) is 0 Å². The first-order chi connectivity index (χ1) is 13.8. The molecule has 2 saturated carbocycles. The molecule has 3 fully saturated rings. The molecule has 3 amide bonds. The summed E-state index contributed by atoms with van der Waals surface area (Å²) >= 11 is 0. The quantitative estimate of drug-likeness (QED) is 0.634. The molecule has 0 spiro atoms. The van der Waals surface area contributed by atoms with Gasteiger partial charge in [-0.25, -0.2) is 0 Å². The van der Waals surface area contributed by atoms with Crippen LogP contribution < -0.4 is 5.32 Å². The topological polar surface area (TPSA) is 96.0 Å². The Morgan fingerprint density at radius 1 is 1.17 bits per heavy atom. The van der Waals surface area contributed by atoms with Crippen molar-refractivity contribution in [1.29, 1.82) is 0 Å². The molecule has 1 N–H and O–H groups in total. The Kier molecular flexibility index (Phi) is 6.80. The number of likely N-dealkylation sites (N-methyl/N-ethyl adjacent to an activating group) is 1. The number of amides is 3. The maximum atomic E-state index is 12.5. The molecule has 0 radical (unpaired) electrons. The SMILES string of the molecule is C[C@@H]1[C@H](C)CCC[C@@H]1N1C[C@H](C(=O)OCC(=O)N(C)CC(=O)NC2CC2)CC1=O. The Hall–Kier alpha value is -2.12. The normalized spacial score (nSPS) is 29.5. The van der Waals surface area contributed by atoms with Gasteiger partial charge in [0, 0.05) is 32.1 Å². The lowest BCUT2D eigenvalue weighted by Crippen LogP contribution is -2.45. The fraction of sp³-hybridized carbons (Fsp3) is 0.810. The molecule has 29 heavy (non-hydrogen) atoms. The average Bonchev–Trinajstić information content (AvgIpc) is 3.40. The van der Waals surface area contributed by atoms with Crippen LogP contribution in [0.1, 0.15) is 52.4 Å². The van der Waals surface area contributed by atoms with Crippen LogP contribution in [0, 0.1) is 17.8 Å². The van der Waals surface area contributed by atoms with Gasteiger partial charge < -0.3 is 19.9 Å². The lowest BCUT2D eigenvalue weighted by molar-refractivity contribution is -0.155. The number of hydrogen-bond acceptors (Lipinski definition) is 5. The van der Waals surface area contributed by atoms with Gasteiger partial charge in [-0.1, -0.05) is 26.7 Å². The number of nitrogens with one attached hydrogen (secondary N) is 1. The highest BCUT2D eigenvalue weighted by molar-refractivity contribution is 5.89. The molecule has 2 aliphatic carbocycles. The largest absolute Gasteiger partial charge is 0.455 e. The van der Waals surface area contributed by atoms with E-state index in [0.29, 0.717) is 18.4 Å². The van der Waals surface area contributed by atoms with E-state index in [4.69, 9.17) is 4.74 Å². The summed E-state index contributed by atoms with van der Waals surface area (Å²) in [5.41, 5.74) is 0. The summed E-state index contributed by atoms with van der Waals surface area (Å²) in [7, 11) is 1.51. The fourth-order valence-corrected chi connectivity index (χ4v) is 4.37. The van der Waals surface area contributed by atoms with E-state index in [2.05, 4.69) is 19.2 Å². The molecule has 162 valence electrons. The molecule has 0 unspecified atom stereocenters. The van der Waals surface area contributed by atoms with Crippen molar-refractivity contribution < 1.29 is 23.9 Å². The number of likely N-dealkylation sites (tertiary alicyclic amines) is 1. The van der Waals surface area contributed by atoms with Gasteiger partial charge in [-0.2, -0.15) is 0 Å². The van der Waals surface area contributed by atoms with Crippen molar-refractivity contribution in [3.8, 4) is 0 Å². The van der Waals surface area contributed by atoms with E-state index in [1.54, 1.807) is 0 Å². The number of esters is 1. The van der Waals surface area contributed by atoms with Crippen molar-refractivity contribution in [2.24, 2.45) is 17.8 Å². The highest BCUT2D eigenvalue weighted by Crippen LogP contribution is 2.35. The van der Waals surface area contributed by atoms with Crippen LogP contribution in [-0.2, 0) is 23.9 Å². The number of rotatable bonds is 7. The van der Waals surface area contributed by atoms with Crippen LogP contribution in [0.25, 0.3) is 0 Å². The molecule has 3 rings (SSSR count). The predicted octanol–water partition coefficient (Wildman–Crippen LogP) is 0.940. The van der Waals surface area contributed by atoms with E-state index in [-0.39, 0.29) is 36.9 Å². The molecule has 3 aliphatic rings. The van der Waals surface area contributed by atoms with Gasteiger partial charge in [0.15, 0.2) is 6.61 Å². The number of carbonyl (C=O) groups excluding carboxylic acids is 4. The second-order valence-corrected chi connectivity index (χ2v) is 8.98.